The maximum Gasteiger partial charge on any atom is 0.319 e. The number of carbonyl (C=O) groups excluding carboxylic acids is 3. The average Bonchev–Trinajstić information content (AvgIpc) is 2.73. The van der Waals surface area contributed by atoms with Crippen molar-refractivity contribution >= 4 is 23.7 Å². The number of rotatable bonds is 9. The van der Waals surface area contributed by atoms with E-state index in [2.05, 4.69) is 21.3 Å². The van der Waals surface area contributed by atoms with Crippen LogP contribution in [0.15, 0.2) is 54.6 Å². The summed E-state index contributed by atoms with van der Waals surface area (Å²) < 4.78 is 0. The van der Waals surface area contributed by atoms with Gasteiger partial charge in [0.2, 0.25) is 5.91 Å². The fourth-order valence-electron chi connectivity index (χ4n) is 2.77. The molecule has 4 N–H and O–H groups in total. The van der Waals surface area contributed by atoms with Crippen LogP contribution >= 0.6 is 0 Å². The SMILES string of the molecule is CC(C)NC(=O)Nc1ccc(CNC(=O)CCNC(=O)N(C)Cc2ccccc2)cc1. The minimum Gasteiger partial charge on any atom is -0.352 e. The molecule has 0 bridgehead atoms. The standard InChI is InChI=1S/C23H31N5O3/c1-17(2)26-22(30)27-20-11-9-18(10-12-20)15-25-21(29)13-14-24-23(31)28(3)16-19-7-5-4-6-8-19/h4-12,17H,13-16H2,1-3H3,(H,24,31)(H,25,29)(H2,26,27,30). The van der Waals surface area contributed by atoms with E-state index >= 15 is 0 Å². The first-order chi connectivity index (χ1) is 14.8. The summed E-state index contributed by atoms with van der Waals surface area (Å²) in [6, 6.07) is 16.5. The molecule has 0 aromatic heterocycles. The Morgan fingerprint density at radius 2 is 1.58 bits per heavy atom. The van der Waals surface area contributed by atoms with Crippen molar-refractivity contribution in [2.24, 2.45) is 0 Å². The predicted octanol–water partition coefficient (Wildman–Crippen LogP) is 3.06. The first-order valence-corrected chi connectivity index (χ1v) is 10.3. The molecule has 8 heteroatoms. The van der Waals surface area contributed by atoms with Crippen LogP contribution in [-0.2, 0) is 17.9 Å². The molecule has 0 spiro atoms. The van der Waals surface area contributed by atoms with E-state index in [1.165, 1.54) is 0 Å². The van der Waals surface area contributed by atoms with Gasteiger partial charge in [0.15, 0.2) is 0 Å². The average molecular weight is 426 g/mol. The van der Waals surface area contributed by atoms with E-state index in [4.69, 9.17) is 0 Å². The smallest absolute Gasteiger partial charge is 0.319 e. The summed E-state index contributed by atoms with van der Waals surface area (Å²) in [5, 5.41) is 11.1. The molecule has 8 nitrogen and oxygen atoms in total. The Bertz CT molecular complexity index is 853. The van der Waals surface area contributed by atoms with Crippen LogP contribution in [0.25, 0.3) is 0 Å². The lowest BCUT2D eigenvalue weighted by Crippen LogP contribution is -2.38. The number of amides is 5. The van der Waals surface area contributed by atoms with Gasteiger partial charge in [-0.3, -0.25) is 4.79 Å². The molecule has 0 saturated carbocycles. The molecule has 5 amide bonds. The van der Waals surface area contributed by atoms with Crippen LogP contribution in [-0.4, -0.2) is 42.5 Å². The minimum atomic E-state index is -0.257. The molecule has 166 valence electrons. The monoisotopic (exact) mass is 425 g/mol. The van der Waals surface area contributed by atoms with Gasteiger partial charge in [0.1, 0.15) is 0 Å². The molecular weight excluding hydrogens is 394 g/mol. The van der Waals surface area contributed by atoms with Gasteiger partial charge in [0.25, 0.3) is 0 Å². The van der Waals surface area contributed by atoms with Crippen LogP contribution in [0, 0.1) is 0 Å². The summed E-state index contributed by atoms with van der Waals surface area (Å²) in [5.41, 5.74) is 2.63. The van der Waals surface area contributed by atoms with Crippen molar-refractivity contribution in [3.63, 3.8) is 0 Å². The summed E-state index contributed by atoms with van der Waals surface area (Å²) in [5.74, 6) is -0.149. The van der Waals surface area contributed by atoms with Crippen LogP contribution < -0.4 is 21.3 Å². The second kappa shape index (κ2) is 12.2. The number of nitrogens with zero attached hydrogens (tertiary/aromatic N) is 1. The van der Waals surface area contributed by atoms with Crippen molar-refractivity contribution in [1.82, 2.24) is 20.9 Å². The van der Waals surface area contributed by atoms with Gasteiger partial charge in [0.05, 0.1) is 0 Å². The van der Waals surface area contributed by atoms with Crippen LogP contribution in [0.2, 0.25) is 0 Å². The first-order valence-electron chi connectivity index (χ1n) is 10.3. The highest BCUT2D eigenvalue weighted by Gasteiger charge is 2.09. The quantitative estimate of drug-likeness (QED) is 0.496. The third-order valence-electron chi connectivity index (χ3n) is 4.36. The lowest BCUT2D eigenvalue weighted by atomic mass is 10.2. The zero-order valence-corrected chi connectivity index (χ0v) is 18.3. The molecular formula is C23H31N5O3. The summed E-state index contributed by atoms with van der Waals surface area (Å²) in [6.07, 6.45) is 0.194. The fourth-order valence-corrected chi connectivity index (χ4v) is 2.77. The van der Waals surface area contributed by atoms with Gasteiger partial charge in [-0.1, -0.05) is 42.5 Å². The molecule has 2 aromatic carbocycles. The van der Waals surface area contributed by atoms with Gasteiger partial charge in [-0.05, 0) is 37.1 Å². The molecule has 0 unspecified atom stereocenters. The highest BCUT2D eigenvalue weighted by atomic mass is 16.2. The second-order valence-corrected chi connectivity index (χ2v) is 7.55. The van der Waals surface area contributed by atoms with E-state index in [9.17, 15) is 14.4 Å². The van der Waals surface area contributed by atoms with Crippen LogP contribution in [0.1, 0.15) is 31.4 Å². The Balaban J connectivity index is 1.65. The van der Waals surface area contributed by atoms with Gasteiger partial charge in [0, 0.05) is 44.8 Å². The van der Waals surface area contributed by atoms with E-state index in [1.807, 2.05) is 56.3 Å². The van der Waals surface area contributed by atoms with Crippen molar-refractivity contribution in [2.75, 3.05) is 18.9 Å². The van der Waals surface area contributed by atoms with E-state index < -0.39 is 0 Å². The molecule has 0 aliphatic rings. The van der Waals surface area contributed by atoms with Crippen LogP contribution in [0.3, 0.4) is 0 Å². The molecule has 0 heterocycles. The summed E-state index contributed by atoms with van der Waals surface area (Å²) >= 11 is 0. The lowest BCUT2D eigenvalue weighted by Gasteiger charge is -2.18. The number of carbonyl (C=O) groups is 3. The summed E-state index contributed by atoms with van der Waals surface area (Å²) in [4.78, 5) is 37.4. The highest BCUT2D eigenvalue weighted by molar-refractivity contribution is 5.89. The van der Waals surface area contributed by atoms with Gasteiger partial charge >= 0.3 is 12.1 Å². The Kier molecular flexibility index (Phi) is 9.35. The Morgan fingerprint density at radius 1 is 0.903 bits per heavy atom. The lowest BCUT2D eigenvalue weighted by molar-refractivity contribution is -0.121. The largest absolute Gasteiger partial charge is 0.352 e. The number of benzene rings is 2. The molecule has 31 heavy (non-hydrogen) atoms. The predicted molar refractivity (Wildman–Crippen MR) is 122 cm³/mol. The third kappa shape index (κ3) is 9.20. The normalized spacial score (nSPS) is 10.3. The number of hydrogen-bond donors (Lipinski definition) is 4. The Labute approximate surface area is 183 Å². The van der Waals surface area contributed by atoms with Crippen LogP contribution in [0.4, 0.5) is 15.3 Å². The second-order valence-electron chi connectivity index (χ2n) is 7.55. The van der Waals surface area contributed by atoms with Crippen molar-refractivity contribution in [1.29, 1.82) is 0 Å². The number of urea groups is 2. The van der Waals surface area contributed by atoms with E-state index in [1.54, 1.807) is 24.1 Å². The summed E-state index contributed by atoms with van der Waals surface area (Å²) in [7, 11) is 1.72. The number of nitrogens with one attached hydrogen (secondary N) is 4. The third-order valence-corrected chi connectivity index (χ3v) is 4.36. The summed E-state index contributed by atoms with van der Waals surface area (Å²) in [6.45, 7) is 4.92. The fraction of sp³-hybridized carbons (Fsp3) is 0.348. The number of anilines is 1. The molecule has 0 aliphatic carbocycles. The zero-order valence-electron chi connectivity index (χ0n) is 18.3. The zero-order chi connectivity index (χ0) is 22.6. The van der Waals surface area contributed by atoms with E-state index in [0.717, 1.165) is 11.1 Å². The minimum absolute atomic E-state index is 0.0588. The van der Waals surface area contributed by atoms with Crippen LogP contribution in [0.5, 0.6) is 0 Å². The van der Waals surface area contributed by atoms with Gasteiger partial charge in [-0.2, -0.15) is 0 Å². The topological polar surface area (TPSA) is 103 Å². The van der Waals surface area contributed by atoms with E-state index in [-0.39, 0.29) is 37.0 Å². The van der Waals surface area contributed by atoms with Crippen molar-refractivity contribution in [3.8, 4) is 0 Å². The molecule has 0 fully saturated rings. The number of hydrogen-bond acceptors (Lipinski definition) is 3. The van der Waals surface area contributed by atoms with Crippen molar-refractivity contribution in [2.45, 2.75) is 39.4 Å². The van der Waals surface area contributed by atoms with Crippen molar-refractivity contribution < 1.29 is 14.4 Å². The molecule has 0 saturated heterocycles. The van der Waals surface area contributed by atoms with Gasteiger partial charge in [-0.15, -0.1) is 0 Å². The van der Waals surface area contributed by atoms with Gasteiger partial charge < -0.3 is 26.2 Å². The molecule has 2 aromatic rings. The molecule has 2 rings (SSSR count). The molecule has 0 aliphatic heterocycles. The highest BCUT2D eigenvalue weighted by Crippen LogP contribution is 2.09. The Morgan fingerprint density at radius 3 is 2.23 bits per heavy atom. The first kappa shape index (κ1) is 23.7. The van der Waals surface area contributed by atoms with E-state index in [0.29, 0.717) is 18.8 Å². The Hall–Kier alpha value is -3.55. The maximum absolute atomic E-state index is 12.1. The molecule has 0 radical (unpaired) electrons. The molecule has 0 atom stereocenters. The van der Waals surface area contributed by atoms with Crippen molar-refractivity contribution in [3.05, 3.63) is 65.7 Å². The maximum atomic E-state index is 12.1. The van der Waals surface area contributed by atoms with Gasteiger partial charge in [-0.25, -0.2) is 9.59 Å².